The van der Waals surface area contributed by atoms with Crippen molar-refractivity contribution in [3.63, 3.8) is 0 Å². The Morgan fingerprint density at radius 2 is 1.89 bits per heavy atom. The predicted octanol–water partition coefficient (Wildman–Crippen LogP) is 6.00. The van der Waals surface area contributed by atoms with Gasteiger partial charge in [-0.05, 0) is 47.5 Å². The molecule has 0 fully saturated rings. The number of aromatic nitrogens is 2. The summed E-state index contributed by atoms with van der Waals surface area (Å²) in [6.45, 7) is 0. The van der Waals surface area contributed by atoms with Crippen molar-refractivity contribution in [1.29, 1.82) is 0 Å². The maximum absolute atomic E-state index is 13.2. The van der Waals surface area contributed by atoms with Crippen molar-refractivity contribution in [3.8, 4) is 0 Å². The van der Waals surface area contributed by atoms with Crippen molar-refractivity contribution in [2.24, 2.45) is 0 Å². The van der Waals surface area contributed by atoms with Gasteiger partial charge in [-0.2, -0.15) is 0 Å². The molecule has 1 atom stereocenters. The molecular formula is C24H15ClFN3O4S2. The molecule has 1 aliphatic heterocycles. The van der Waals surface area contributed by atoms with Crippen LogP contribution in [0.5, 0.6) is 0 Å². The third kappa shape index (κ3) is 4.60. The summed E-state index contributed by atoms with van der Waals surface area (Å²) in [4.78, 5) is 27.6. The van der Waals surface area contributed by atoms with Gasteiger partial charge in [0, 0.05) is 10.8 Å². The smallest absolute Gasteiger partial charge is 0.296 e. The van der Waals surface area contributed by atoms with Crippen molar-refractivity contribution in [2.45, 2.75) is 16.1 Å². The van der Waals surface area contributed by atoms with E-state index in [0.717, 1.165) is 16.9 Å². The number of hydrogen-bond acceptors (Lipinski definition) is 8. The zero-order valence-electron chi connectivity index (χ0n) is 17.7. The second-order valence-electron chi connectivity index (χ2n) is 7.46. The number of anilines is 1. The van der Waals surface area contributed by atoms with Crippen LogP contribution in [0.1, 0.15) is 27.7 Å². The van der Waals surface area contributed by atoms with E-state index in [-0.39, 0.29) is 22.3 Å². The zero-order valence-corrected chi connectivity index (χ0v) is 20.1. The molecule has 5 rings (SSSR count). The molecule has 0 saturated carbocycles. The Balaban J connectivity index is 1.48. The number of rotatable bonds is 7. The fraction of sp³-hybridized carbons (Fsp3) is 0.0833. The summed E-state index contributed by atoms with van der Waals surface area (Å²) in [5.74, 6) is -1.86. The van der Waals surface area contributed by atoms with Crippen LogP contribution in [-0.4, -0.2) is 27.0 Å². The van der Waals surface area contributed by atoms with Gasteiger partial charge in [-0.3, -0.25) is 14.5 Å². The largest absolute Gasteiger partial charge is 0.503 e. The van der Waals surface area contributed by atoms with Crippen LogP contribution in [0.3, 0.4) is 0 Å². The van der Waals surface area contributed by atoms with Crippen LogP contribution in [-0.2, 0) is 10.5 Å². The van der Waals surface area contributed by atoms with E-state index in [1.165, 1.54) is 41.1 Å². The number of nitrogens with zero attached hydrogens (tertiary/aromatic N) is 3. The van der Waals surface area contributed by atoms with E-state index < -0.39 is 23.5 Å². The molecule has 1 unspecified atom stereocenters. The van der Waals surface area contributed by atoms with Crippen LogP contribution in [0, 0.1) is 5.82 Å². The standard InChI is InChI=1S/C24H15ClFN3O4S2/c25-15-7-5-14(6-8-15)19-18(20(30)17-2-1-11-33-17)21(31)22(32)29(19)23-27-28-24(35-23)34-12-13-3-9-16(26)10-4-13/h1-11,19,31H,12H2. The normalized spacial score (nSPS) is 15.8. The molecular weight excluding hydrogens is 513 g/mol. The van der Waals surface area contributed by atoms with Gasteiger partial charge in [-0.15, -0.1) is 10.2 Å². The lowest BCUT2D eigenvalue weighted by Gasteiger charge is -2.23. The fourth-order valence-electron chi connectivity index (χ4n) is 3.62. The first-order valence-electron chi connectivity index (χ1n) is 10.2. The highest BCUT2D eigenvalue weighted by Crippen LogP contribution is 2.44. The number of thioether (sulfide) groups is 1. The molecule has 0 bridgehead atoms. The molecule has 2 aromatic carbocycles. The van der Waals surface area contributed by atoms with Gasteiger partial charge in [0.05, 0.1) is 17.9 Å². The van der Waals surface area contributed by atoms with E-state index in [0.29, 0.717) is 20.7 Å². The minimum Gasteiger partial charge on any atom is -0.503 e. The highest BCUT2D eigenvalue weighted by molar-refractivity contribution is 8.00. The highest BCUT2D eigenvalue weighted by Gasteiger charge is 2.46. The lowest BCUT2D eigenvalue weighted by molar-refractivity contribution is -0.117. The summed E-state index contributed by atoms with van der Waals surface area (Å²) >= 11 is 8.56. The Bertz CT molecular complexity index is 1420. The lowest BCUT2D eigenvalue weighted by Crippen LogP contribution is -2.31. The highest BCUT2D eigenvalue weighted by atomic mass is 35.5. The molecule has 0 aliphatic carbocycles. The zero-order chi connectivity index (χ0) is 24.5. The molecule has 1 N–H and O–H groups in total. The van der Waals surface area contributed by atoms with Gasteiger partial charge in [-0.1, -0.05) is 59.0 Å². The second-order valence-corrected chi connectivity index (χ2v) is 10.1. The first kappa shape index (κ1) is 23.3. The first-order chi connectivity index (χ1) is 16.9. The number of halogens is 2. The van der Waals surface area contributed by atoms with E-state index in [1.807, 2.05) is 0 Å². The van der Waals surface area contributed by atoms with Crippen LogP contribution >= 0.6 is 34.7 Å². The number of Topliss-reactive ketones (excluding diaryl/α,β-unsaturated/α-hetero) is 1. The Morgan fingerprint density at radius 3 is 2.57 bits per heavy atom. The maximum Gasteiger partial charge on any atom is 0.296 e. The van der Waals surface area contributed by atoms with Gasteiger partial charge in [0.25, 0.3) is 5.91 Å². The first-order valence-corrected chi connectivity index (χ1v) is 12.4. The number of furan rings is 1. The molecule has 1 aliphatic rings. The van der Waals surface area contributed by atoms with Crippen LogP contribution in [0.15, 0.2) is 87.0 Å². The Kier molecular flexibility index (Phi) is 6.42. The second kappa shape index (κ2) is 9.65. The minimum absolute atomic E-state index is 0.00651. The molecule has 1 amide bonds. The maximum atomic E-state index is 13.2. The van der Waals surface area contributed by atoms with Crippen LogP contribution < -0.4 is 4.90 Å². The van der Waals surface area contributed by atoms with Crippen molar-refractivity contribution < 1.29 is 23.5 Å². The topological polar surface area (TPSA) is 96.5 Å². The summed E-state index contributed by atoms with van der Waals surface area (Å²) in [5.41, 5.74) is 1.33. The van der Waals surface area contributed by atoms with Crippen LogP contribution in [0.2, 0.25) is 5.02 Å². The molecule has 0 radical (unpaired) electrons. The van der Waals surface area contributed by atoms with Gasteiger partial charge in [0.15, 0.2) is 15.9 Å². The Labute approximate surface area is 211 Å². The van der Waals surface area contributed by atoms with E-state index in [4.69, 9.17) is 16.0 Å². The quantitative estimate of drug-likeness (QED) is 0.179. The van der Waals surface area contributed by atoms with Gasteiger partial charge in [0.2, 0.25) is 10.9 Å². The SMILES string of the molecule is O=C(C1=C(O)C(=O)N(c2nnc(SCc3ccc(F)cc3)s2)C1c1ccc(Cl)cc1)c1ccco1. The number of carbonyl (C=O) groups is 2. The number of amides is 1. The minimum atomic E-state index is -0.958. The average Bonchev–Trinajstić information content (AvgIpc) is 3.60. The monoisotopic (exact) mass is 527 g/mol. The summed E-state index contributed by atoms with van der Waals surface area (Å²) < 4.78 is 18.9. The number of ketones is 1. The number of aliphatic hydroxyl groups is 1. The Morgan fingerprint density at radius 1 is 1.14 bits per heavy atom. The summed E-state index contributed by atoms with van der Waals surface area (Å²) in [7, 11) is 0. The molecule has 0 saturated heterocycles. The predicted molar refractivity (Wildman–Crippen MR) is 130 cm³/mol. The van der Waals surface area contributed by atoms with Gasteiger partial charge in [0.1, 0.15) is 5.82 Å². The number of carbonyl (C=O) groups excluding carboxylic acids is 2. The van der Waals surface area contributed by atoms with E-state index >= 15 is 0 Å². The lowest BCUT2D eigenvalue weighted by atomic mass is 9.95. The number of hydrogen-bond donors (Lipinski definition) is 1. The molecule has 176 valence electrons. The van der Waals surface area contributed by atoms with Gasteiger partial charge < -0.3 is 9.52 Å². The van der Waals surface area contributed by atoms with Crippen molar-refractivity contribution >= 4 is 51.5 Å². The van der Waals surface area contributed by atoms with E-state index in [1.54, 1.807) is 42.5 Å². The van der Waals surface area contributed by atoms with Crippen LogP contribution in [0.4, 0.5) is 9.52 Å². The molecule has 7 nitrogen and oxygen atoms in total. The summed E-state index contributed by atoms with van der Waals surface area (Å²) in [6.07, 6.45) is 1.34. The summed E-state index contributed by atoms with van der Waals surface area (Å²) in [6, 6.07) is 14.8. The Hall–Kier alpha value is -3.47. The van der Waals surface area contributed by atoms with Crippen LogP contribution in [0.25, 0.3) is 0 Å². The molecule has 2 aromatic heterocycles. The van der Waals surface area contributed by atoms with E-state index in [9.17, 15) is 19.1 Å². The number of aliphatic hydroxyl groups excluding tert-OH is 1. The van der Waals surface area contributed by atoms with Gasteiger partial charge >= 0.3 is 0 Å². The third-order valence-electron chi connectivity index (χ3n) is 5.26. The molecule has 3 heterocycles. The molecule has 11 heteroatoms. The molecule has 0 spiro atoms. The summed E-state index contributed by atoms with van der Waals surface area (Å²) in [5, 5.41) is 19.7. The van der Waals surface area contributed by atoms with Crippen molar-refractivity contribution in [1.82, 2.24) is 10.2 Å². The average molecular weight is 528 g/mol. The van der Waals surface area contributed by atoms with Gasteiger partial charge in [-0.25, -0.2) is 4.39 Å². The van der Waals surface area contributed by atoms with Crippen molar-refractivity contribution in [2.75, 3.05) is 4.90 Å². The molecule has 4 aromatic rings. The van der Waals surface area contributed by atoms with Crippen molar-refractivity contribution in [3.05, 3.63) is 106 Å². The molecule has 35 heavy (non-hydrogen) atoms. The number of benzene rings is 2. The fourth-order valence-corrected chi connectivity index (χ4v) is 5.57. The van der Waals surface area contributed by atoms with E-state index in [2.05, 4.69) is 10.2 Å². The third-order valence-corrected chi connectivity index (χ3v) is 7.64.